The number of carbonyl (C=O) groups is 1. The Hall–Kier alpha value is -2.38. The van der Waals surface area contributed by atoms with E-state index in [9.17, 15) is 9.18 Å². The first kappa shape index (κ1) is 14.0. The second-order valence-corrected chi connectivity index (χ2v) is 4.60. The highest BCUT2D eigenvalue weighted by Crippen LogP contribution is 2.24. The van der Waals surface area contributed by atoms with E-state index in [1.807, 2.05) is 6.07 Å². The molecule has 1 N–H and O–H groups in total. The SMILES string of the molecule is Cc1cccc(C(=O)Nc2cc(C#N)ccc2Cl)c1F. The number of amides is 1. The summed E-state index contributed by atoms with van der Waals surface area (Å²) in [5, 5.41) is 11.6. The van der Waals surface area contributed by atoms with Crippen LogP contribution in [0, 0.1) is 24.1 Å². The quantitative estimate of drug-likeness (QED) is 0.911. The highest BCUT2D eigenvalue weighted by molar-refractivity contribution is 6.34. The van der Waals surface area contributed by atoms with Crippen molar-refractivity contribution in [1.29, 1.82) is 5.26 Å². The summed E-state index contributed by atoms with van der Waals surface area (Å²) in [4.78, 5) is 12.0. The van der Waals surface area contributed by atoms with Gasteiger partial charge in [-0.15, -0.1) is 0 Å². The molecular formula is C15H10ClFN2O. The maximum atomic E-state index is 13.9. The number of hydrogen-bond donors (Lipinski definition) is 1. The van der Waals surface area contributed by atoms with Gasteiger partial charge in [-0.3, -0.25) is 4.79 Å². The molecule has 0 unspecified atom stereocenters. The predicted octanol–water partition coefficient (Wildman–Crippen LogP) is 3.91. The van der Waals surface area contributed by atoms with Gasteiger partial charge in [0, 0.05) is 0 Å². The van der Waals surface area contributed by atoms with Crippen molar-refractivity contribution in [2.75, 3.05) is 5.32 Å². The fourth-order valence-corrected chi connectivity index (χ4v) is 1.87. The van der Waals surface area contributed by atoms with Crippen molar-refractivity contribution in [3.8, 4) is 6.07 Å². The van der Waals surface area contributed by atoms with Crippen molar-refractivity contribution in [1.82, 2.24) is 0 Å². The lowest BCUT2D eigenvalue weighted by Gasteiger charge is -2.09. The average molecular weight is 289 g/mol. The number of nitriles is 1. The summed E-state index contributed by atoms with van der Waals surface area (Å²) in [5.74, 6) is -1.18. The molecule has 20 heavy (non-hydrogen) atoms. The van der Waals surface area contributed by atoms with E-state index in [2.05, 4.69) is 5.32 Å². The molecule has 3 nitrogen and oxygen atoms in total. The molecule has 0 saturated carbocycles. The summed E-state index contributed by atoms with van der Waals surface area (Å²) >= 11 is 5.94. The first-order valence-electron chi connectivity index (χ1n) is 5.79. The molecule has 0 spiro atoms. The molecule has 0 radical (unpaired) electrons. The lowest BCUT2D eigenvalue weighted by Crippen LogP contribution is -2.14. The Kier molecular flexibility index (Phi) is 4.02. The number of carbonyl (C=O) groups excluding carboxylic acids is 1. The van der Waals surface area contributed by atoms with Gasteiger partial charge >= 0.3 is 0 Å². The highest BCUT2D eigenvalue weighted by atomic mass is 35.5. The fraction of sp³-hybridized carbons (Fsp3) is 0.0667. The maximum Gasteiger partial charge on any atom is 0.258 e. The minimum Gasteiger partial charge on any atom is -0.320 e. The van der Waals surface area contributed by atoms with Crippen molar-refractivity contribution in [3.63, 3.8) is 0 Å². The van der Waals surface area contributed by atoms with Gasteiger partial charge in [0.2, 0.25) is 0 Å². The number of halogens is 2. The monoisotopic (exact) mass is 288 g/mol. The summed E-state index contributed by atoms with van der Waals surface area (Å²) in [5.41, 5.74) is 0.948. The van der Waals surface area contributed by atoms with E-state index in [0.717, 1.165) is 0 Å². The Morgan fingerprint density at radius 3 is 2.80 bits per heavy atom. The van der Waals surface area contributed by atoms with Crippen LogP contribution in [0.25, 0.3) is 0 Å². The molecule has 0 fully saturated rings. The van der Waals surface area contributed by atoms with Crippen LogP contribution >= 0.6 is 11.6 Å². The maximum absolute atomic E-state index is 13.9. The Labute approximate surface area is 120 Å². The van der Waals surface area contributed by atoms with Crippen LogP contribution in [0.15, 0.2) is 36.4 Å². The molecular weight excluding hydrogens is 279 g/mol. The first-order chi connectivity index (χ1) is 9.52. The van der Waals surface area contributed by atoms with Crippen LogP contribution in [0.4, 0.5) is 10.1 Å². The highest BCUT2D eigenvalue weighted by Gasteiger charge is 2.14. The fourth-order valence-electron chi connectivity index (χ4n) is 1.70. The van der Waals surface area contributed by atoms with E-state index in [4.69, 9.17) is 16.9 Å². The molecule has 0 aliphatic rings. The van der Waals surface area contributed by atoms with Crippen LogP contribution in [-0.4, -0.2) is 5.91 Å². The summed E-state index contributed by atoms with van der Waals surface area (Å²) in [6.07, 6.45) is 0. The van der Waals surface area contributed by atoms with E-state index in [1.165, 1.54) is 24.3 Å². The van der Waals surface area contributed by atoms with Crippen molar-refractivity contribution in [2.45, 2.75) is 6.92 Å². The first-order valence-corrected chi connectivity index (χ1v) is 6.17. The van der Waals surface area contributed by atoms with Crippen LogP contribution in [0.1, 0.15) is 21.5 Å². The third-order valence-corrected chi connectivity index (χ3v) is 3.11. The van der Waals surface area contributed by atoms with Gasteiger partial charge in [0.1, 0.15) is 5.82 Å². The number of nitrogens with zero attached hydrogens (tertiary/aromatic N) is 1. The Bertz CT molecular complexity index is 722. The minimum absolute atomic E-state index is 0.0663. The van der Waals surface area contributed by atoms with Crippen molar-refractivity contribution >= 4 is 23.2 Å². The molecule has 0 saturated heterocycles. The molecule has 0 aliphatic heterocycles. The molecule has 0 atom stereocenters. The van der Waals surface area contributed by atoms with Crippen LogP contribution in [-0.2, 0) is 0 Å². The zero-order valence-corrected chi connectivity index (χ0v) is 11.3. The molecule has 0 aromatic heterocycles. The summed E-state index contributed by atoms with van der Waals surface area (Å²) < 4.78 is 13.9. The zero-order chi connectivity index (χ0) is 14.7. The molecule has 2 rings (SSSR count). The van der Waals surface area contributed by atoms with E-state index < -0.39 is 11.7 Å². The van der Waals surface area contributed by atoms with Gasteiger partial charge in [0.05, 0.1) is 27.9 Å². The molecule has 2 aromatic rings. The second-order valence-electron chi connectivity index (χ2n) is 4.20. The van der Waals surface area contributed by atoms with Crippen LogP contribution < -0.4 is 5.32 Å². The topological polar surface area (TPSA) is 52.9 Å². The van der Waals surface area contributed by atoms with Gasteiger partial charge in [0.25, 0.3) is 5.91 Å². The van der Waals surface area contributed by atoms with Crippen molar-refractivity contribution < 1.29 is 9.18 Å². The largest absolute Gasteiger partial charge is 0.320 e. The van der Waals surface area contributed by atoms with Gasteiger partial charge in [0.15, 0.2) is 0 Å². The summed E-state index contributed by atoms with van der Waals surface area (Å²) in [7, 11) is 0. The van der Waals surface area contributed by atoms with E-state index in [1.54, 1.807) is 19.1 Å². The van der Waals surface area contributed by atoms with Gasteiger partial charge in [-0.2, -0.15) is 5.26 Å². The summed E-state index contributed by atoms with van der Waals surface area (Å²) in [6, 6.07) is 11.0. The molecule has 2 aromatic carbocycles. The number of benzene rings is 2. The predicted molar refractivity (Wildman–Crippen MR) is 75.3 cm³/mol. The van der Waals surface area contributed by atoms with Gasteiger partial charge < -0.3 is 5.32 Å². The Morgan fingerprint density at radius 2 is 2.10 bits per heavy atom. The van der Waals surface area contributed by atoms with Gasteiger partial charge in [-0.1, -0.05) is 23.7 Å². The summed E-state index contributed by atoms with van der Waals surface area (Å²) in [6.45, 7) is 1.58. The Morgan fingerprint density at radius 1 is 1.35 bits per heavy atom. The van der Waals surface area contributed by atoms with Gasteiger partial charge in [-0.05, 0) is 36.8 Å². The zero-order valence-electron chi connectivity index (χ0n) is 10.6. The number of aryl methyl sites for hydroxylation is 1. The second kappa shape index (κ2) is 5.72. The molecule has 100 valence electrons. The third-order valence-electron chi connectivity index (χ3n) is 2.78. The smallest absolute Gasteiger partial charge is 0.258 e. The van der Waals surface area contributed by atoms with Crippen LogP contribution in [0.5, 0.6) is 0 Å². The van der Waals surface area contributed by atoms with Crippen molar-refractivity contribution in [2.24, 2.45) is 0 Å². The van der Waals surface area contributed by atoms with E-state index in [-0.39, 0.29) is 16.3 Å². The lowest BCUT2D eigenvalue weighted by atomic mass is 10.1. The standard InChI is InChI=1S/C15H10ClFN2O/c1-9-3-2-4-11(14(9)17)15(20)19-13-7-10(8-18)5-6-12(13)16/h2-7H,1H3,(H,19,20). The number of rotatable bonds is 2. The number of nitrogens with one attached hydrogen (secondary N) is 1. The molecule has 0 aliphatic carbocycles. The minimum atomic E-state index is -0.608. The molecule has 1 amide bonds. The molecule has 0 bridgehead atoms. The van der Waals surface area contributed by atoms with Crippen molar-refractivity contribution in [3.05, 3.63) is 63.9 Å². The number of hydrogen-bond acceptors (Lipinski definition) is 2. The van der Waals surface area contributed by atoms with Gasteiger partial charge in [-0.25, -0.2) is 4.39 Å². The van der Waals surface area contributed by atoms with E-state index >= 15 is 0 Å². The average Bonchev–Trinajstić information content (AvgIpc) is 2.44. The van der Waals surface area contributed by atoms with E-state index in [0.29, 0.717) is 11.1 Å². The molecule has 0 heterocycles. The van der Waals surface area contributed by atoms with Crippen LogP contribution in [0.2, 0.25) is 5.02 Å². The van der Waals surface area contributed by atoms with Crippen LogP contribution in [0.3, 0.4) is 0 Å². The Balaban J connectivity index is 2.33. The lowest BCUT2D eigenvalue weighted by molar-refractivity contribution is 0.102. The normalized spacial score (nSPS) is 9.90. The third kappa shape index (κ3) is 2.79. The number of anilines is 1. The molecule has 5 heteroatoms.